The van der Waals surface area contributed by atoms with Gasteiger partial charge in [-0.3, -0.25) is 4.79 Å². The predicted octanol–water partition coefficient (Wildman–Crippen LogP) is 1.74. The van der Waals surface area contributed by atoms with Gasteiger partial charge in [0.15, 0.2) is 0 Å². The molecule has 2 rings (SSSR count). The Morgan fingerprint density at radius 2 is 2.00 bits per heavy atom. The Hall–Kier alpha value is -1.34. The molecule has 20 heavy (non-hydrogen) atoms. The van der Waals surface area contributed by atoms with Crippen LogP contribution >= 0.6 is 24.4 Å². The zero-order valence-electron chi connectivity index (χ0n) is 10.6. The largest absolute Gasteiger partial charge is 0.508 e. The van der Waals surface area contributed by atoms with E-state index in [9.17, 15) is 19.8 Å². The van der Waals surface area contributed by atoms with Gasteiger partial charge in [0.2, 0.25) is 5.91 Å². The van der Waals surface area contributed by atoms with Gasteiger partial charge in [-0.2, -0.15) is 12.6 Å². The number of carboxylic acids is 1. The quantitative estimate of drug-likeness (QED) is 0.738. The number of hydrogen-bond acceptors (Lipinski definition) is 5. The van der Waals surface area contributed by atoms with Crippen molar-refractivity contribution in [1.29, 1.82) is 0 Å². The standard InChI is InChI=1S/C13H15NO4S2/c15-9-3-1-8(2-4-9)12-14(11(16)5-6-19)10(7-20-12)13(17)18/h1-4,10,12,15,19H,5-7H2,(H,17,18). The number of rotatable bonds is 4. The van der Waals surface area contributed by atoms with Gasteiger partial charge in [-0.05, 0) is 23.4 Å². The topological polar surface area (TPSA) is 77.8 Å². The van der Waals surface area contributed by atoms with Crippen LogP contribution in [0.15, 0.2) is 24.3 Å². The lowest BCUT2D eigenvalue weighted by Gasteiger charge is -2.27. The number of thiol groups is 1. The predicted molar refractivity (Wildman–Crippen MR) is 80.0 cm³/mol. The Kier molecular flexibility index (Phi) is 4.82. The third kappa shape index (κ3) is 3.04. The van der Waals surface area contributed by atoms with Crippen LogP contribution in [0.4, 0.5) is 0 Å². The fourth-order valence-corrected chi connectivity index (χ4v) is 3.76. The lowest BCUT2D eigenvalue weighted by atomic mass is 10.1. The van der Waals surface area contributed by atoms with Crippen LogP contribution in [0.2, 0.25) is 0 Å². The van der Waals surface area contributed by atoms with E-state index in [0.29, 0.717) is 11.5 Å². The molecule has 1 aliphatic heterocycles. The highest BCUT2D eigenvalue weighted by atomic mass is 32.2. The number of aromatic hydroxyl groups is 1. The van der Waals surface area contributed by atoms with Gasteiger partial charge in [-0.25, -0.2) is 4.79 Å². The van der Waals surface area contributed by atoms with Crippen molar-refractivity contribution in [2.45, 2.75) is 17.8 Å². The zero-order chi connectivity index (χ0) is 14.7. The minimum absolute atomic E-state index is 0.139. The number of hydrogen-bond donors (Lipinski definition) is 3. The highest BCUT2D eigenvalue weighted by Gasteiger charge is 2.41. The average Bonchev–Trinajstić information content (AvgIpc) is 2.84. The summed E-state index contributed by atoms with van der Waals surface area (Å²) in [6.07, 6.45) is 0.210. The molecule has 108 valence electrons. The summed E-state index contributed by atoms with van der Waals surface area (Å²) in [5.41, 5.74) is 0.809. The fraction of sp³-hybridized carbons (Fsp3) is 0.385. The summed E-state index contributed by atoms with van der Waals surface area (Å²) < 4.78 is 0. The van der Waals surface area contributed by atoms with Crippen molar-refractivity contribution < 1.29 is 19.8 Å². The Balaban J connectivity index is 2.29. The highest BCUT2D eigenvalue weighted by molar-refractivity contribution is 7.99. The number of thioether (sulfide) groups is 1. The van der Waals surface area contributed by atoms with Gasteiger partial charge in [0.25, 0.3) is 0 Å². The molecular formula is C13H15NO4S2. The minimum atomic E-state index is -0.994. The molecule has 7 heteroatoms. The summed E-state index contributed by atoms with van der Waals surface area (Å²) in [7, 11) is 0. The molecule has 1 fully saturated rings. The van der Waals surface area contributed by atoms with Crippen molar-refractivity contribution in [3.8, 4) is 5.75 Å². The summed E-state index contributed by atoms with van der Waals surface area (Å²) in [4.78, 5) is 24.9. The fourth-order valence-electron chi connectivity index (χ4n) is 2.12. The molecule has 2 N–H and O–H groups in total. The van der Waals surface area contributed by atoms with Crippen LogP contribution in [-0.2, 0) is 9.59 Å². The van der Waals surface area contributed by atoms with Gasteiger partial charge in [0.1, 0.15) is 17.2 Å². The average molecular weight is 313 g/mol. The highest BCUT2D eigenvalue weighted by Crippen LogP contribution is 2.42. The van der Waals surface area contributed by atoms with Crippen LogP contribution in [0, 0.1) is 0 Å². The first-order chi connectivity index (χ1) is 9.54. The number of benzene rings is 1. The first-order valence-corrected chi connectivity index (χ1v) is 7.78. The van der Waals surface area contributed by atoms with Crippen LogP contribution in [0.25, 0.3) is 0 Å². The Morgan fingerprint density at radius 1 is 1.35 bits per heavy atom. The SMILES string of the molecule is O=C(O)C1CSC(c2ccc(O)cc2)N1C(=O)CCS. The molecule has 1 heterocycles. The third-order valence-corrected chi connectivity index (χ3v) is 4.62. The summed E-state index contributed by atoms with van der Waals surface area (Å²) in [5, 5.41) is 18.2. The second-order valence-corrected chi connectivity index (χ2v) is 5.97. The van der Waals surface area contributed by atoms with Crippen molar-refractivity contribution >= 4 is 36.3 Å². The van der Waals surface area contributed by atoms with E-state index in [2.05, 4.69) is 12.6 Å². The molecular weight excluding hydrogens is 298 g/mol. The van der Waals surface area contributed by atoms with E-state index in [-0.39, 0.29) is 23.5 Å². The van der Waals surface area contributed by atoms with Crippen molar-refractivity contribution in [3.63, 3.8) is 0 Å². The van der Waals surface area contributed by atoms with Gasteiger partial charge >= 0.3 is 5.97 Å². The van der Waals surface area contributed by atoms with E-state index in [1.54, 1.807) is 12.1 Å². The summed E-state index contributed by atoms with van der Waals surface area (Å²) in [5.74, 6) is -0.324. The van der Waals surface area contributed by atoms with Gasteiger partial charge < -0.3 is 15.1 Å². The number of carbonyl (C=O) groups excluding carboxylic acids is 1. The van der Waals surface area contributed by atoms with Crippen LogP contribution in [0.1, 0.15) is 17.4 Å². The lowest BCUT2D eigenvalue weighted by Crippen LogP contribution is -2.43. The molecule has 1 saturated heterocycles. The van der Waals surface area contributed by atoms with Gasteiger partial charge in [0.05, 0.1) is 0 Å². The second-order valence-electron chi connectivity index (χ2n) is 4.41. The Morgan fingerprint density at radius 3 is 2.55 bits per heavy atom. The molecule has 2 unspecified atom stereocenters. The van der Waals surface area contributed by atoms with Gasteiger partial charge in [0, 0.05) is 12.2 Å². The molecule has 0 aromatic heterocycles. The number of phenols is 1. The minimum Gasteiger partial charge on any atom is -0.508 e. The summed E-state index contributed by atoms with van der Waals surface area (Å²) in [6, 6.07) is 5.67. The summed E-state index contributed by atoms with van der Waals surface area (Å²) >= 11 is 5.45. The molecule has 0 radical (unpaired) electrons. The van der Waals surface area contributed by atoms with Crippen LogP contribution < -0.4 is 0 Å². The van der Waals surface area contributed by atoms with E-state index in [1.807, 2.05) is 0 Å². The van der Waals surface area contributed by atoms with E-state index in [4.69, 9.17) is 0 Å². The number of nitrogens with zero attached hydrogens (tertiary/aromatic N) is 1. The first-order valence-electron chi connectivity index (χ1n) is 6.10. The number of phenolic OH excluding ortho intramolecular Hbond substituents is 1. The smallest absolute Gasteiger partial charge is 0.327 e. The van der Waals surface area contributed by atoms with Crippen LogP contribution in [0.3, 0.4) is 0 Å². The van der Waals surface area contributed by atoms with Crippen LogP contribution in [-0.4, -0.2) is 44.5 Å². The number of carbonyl (C=O) groups is 2. The maximum absolute atomic E-state index is 12.2. The normalized spacial score (nSPS) is 21.9. The van der Waals surface area contributed by atoms with E-state index in [0.717, 1.165) is 5.56 Å². The molecule has 0 bridgehead atoms. The monoisotopic (exact) mass is 313 g/mol. The van der Waals surface area contributed by atoms with Crippen LogP contribution in [0.5, 0.6) is 5.75 Å². The Bertz CT molecular complexity index is 506. The van der Waals surface area contributed by atoms with Crippen molar-refractivity contribution in [1.82, 2.24) is 4.90 Å². The molecule has 2 atom stereocenters. The van der Waals surface area contributed by atoms with E-state index >= 15 is 0 Å². The van der Waals surface area contributed by atoms with Gasteiger partial charge in [-0.15, -0.1) is 11.8 Å². The maximum atomic E-state index is 12.2. The third-order valence-electron chi connectivity index (χ3n) is 3.08. The number of aliphatic carboxylic acids is 1. The zero-order valence-corrected chi connectivity index (χ0v) is 12.3. The maximum Gasteiger partial charge on any atom is 0.327 e. The molecule has 0 aliphatic carbocycles. The van der Waals surface area contributed by atoms with Crippen molar-refractivity contribution in [2.75, 3.05) is 11.5 Å². The van der Waals surface area contributed by atoms with E-state index < -0.39 is 12.0 Å². The van der Waals surface area contributed by atoms with Gasteiger partial charge in [-0.1, -0.05) is 12.1 Å². The molecule has 1 aromatic carbocycles. The molecule has 1 aliphatic rings. The van der Waals surface area contributed by atoms with E-state index in [1.165, 1.54) is 28.8 Å². The molecule has 1 aromatic rings. The number of amides is 1. The summed E-state index contributed by atoms with van der Waals surface area (Å²) in [6.45, 7) is 0. The lowest BCUT2D eigenvalue weighted by molar-refractivity contribution is -0.149. The number of carboxylic acid groups (broad SMARTS) is 1. The Labute approximate surface area is 126 Å². The molecule has 0 spiro atoms. The second kappa shape index (κ2) is 6.41. The van der Waals surface area contributed by atoms with Crippen molar-refractivity contribution in [2.24, 2.45) is 0 Å². The molecule has 1 amide bonds. The first kappa shape index (κ1) is 15.1. The molecule has 0 saturated carbocycles. The van der Waals surface area contributed by atoms with Crippen molar-refractivity contribution in [3.05, 3.63) is 29.8 Å². The molecule has 5 nitrogen and oxygen atoms in total.